The number of para-hydroxylation sites is 1. The van der Waals surface area contributed by atoms with Crippen molar-refractivity contribution >= 4 is 27.3 Å². The Morgan fingerprint density at radius 1 is 0.875 bits per heavy atom. The Bertz CT molecular complexity index is 1160. The molecule has 1 aliphatic heterocycles. The molecule has 0 radical (unpaired) electrons. The van der Waals surface area contributed by atoms with E-state index in [1.54, 1.807) is 42.5 Å². The number of morpholine rings is 1. The molecular weight excluding hydrogens is 426 g/mol. The molecular formula is C24H25N3O4S. The molecule has 0 aliphatic carbocycles. The van der Waals surface area contributed by atoms with Crippen LogP contribution in [0.5, 0.6) is 0 Å². The Morgan fingerprint density at radius 3 is 2.31 bits per heavy atom. The van der Waals surface area contributed by atoms with Gasteiger partial charge in [-0.1, -0.05) is 30.3 Å². The van der Waals surface area contributed by atoms with Crippen LogP contribution in [-0.2, 0) is 21.3 Å². The summed E-state index contributed by atoms with van der Waals surface area (Å²) in [4.78, 5) is 15.1. The standard InChI is InChI=1S/C24H25N3O4S/c28-24(20-6-4-5-19(17-20)18-27-13-15-31-16-14-27)25-21-9-11-23(12-10-21)32(29,30)26-22-7-2-1-3-8-22/h1-12,17,26H,13-16,18H2,(H,25,28). The van der Waals surface area contributed by atoms with E-state index in [1.807, 2.05) is 24.3 Å². The van der Waals surface area contributed by atoms with Gasteiger partial charge in [-0.25, -0.2) is 8.42 Å². The number of anilines is 2. The largest absolute Gasteiger partial charge is 0.379 e. The van der Waals surface area contributed by atoms with Crippen molar-refractivity contribution in [3.05, 3.63) is 90.0 Å². The van der Waals surface area contributed by atoms with Crippen LogP contribution in [0.2, 0.25) is 0 Å². The number of carbonyl (C=O) groups is 1. The maximum atomic E-state index is 12.7. The van der Waals surface area contributed by atoms with E-state index in [-0.39, 0.29) is 10.8 Å². The molecule has 0 aromatic heterocycles. The maximum Gasteiger partial charge on any atom is 0.261 e. The summed E-state index contributed by atoms with van der Waals surface area (Å²) in [5.74, 6) is -0.244. The van der Waals surface area contributed by atoms with Crippen molar-refractivity contribution < 1.29 is 17.9 Å². The molecule has 0 atom stereocenters. The van der Waals surface area contributed by atoms with E-state index < -0.39 is 10.0 Å². The molecule has 1 heterocycles. The minimum atomic E-state index is -3.71. The van der Waals surface area contributed by atoms with Crippen LogP contribution in [0.25, 0.3) is 0 Å². The van der Waals surface area contributed by atoms with E-state index in [0.717, 1.165) is 38.4 Å². The third-order valence-corrected chi connectivity index (χ3v) is 6.54. The number of hydrogen-bond acceptors (Lipinski definition) is 5. The lowest BCUT2D eigenvalue weighted by molar-refractivity contribution is 0.0342. The Hall–Kier alpha value is -3.20. The Labute approximate surface area is 188 Å². The van der Waals surface area contributed by atoms with Gasteiger partial charge in [0.2, 0.25) is 0 Å². The maximum absolute atomic E-state index is 12.7. The van der Waals surface area contributed by atoms with E-state index in [0.29, 0.717) is 16.9 Å². The highest BCUT2D eigenvalue weighted by atomic mass is 32.2. The van der Waals surface area contributed by atoms with Gasteiger partial charge in [-0.15, -0.1) is 0 Å². The summed E-state index contributed by atoms with van der Waals surface area (Å²) in [5, 5.41) is 2.83. The van der Waals surface area contributed by atoms with E-state index in [4.69, 9.17) is 4.74 Å². The zero-order valence-electron chi connectivity index (χ0n) is 17.5. The van der Waals surface area contributed by atoms with Gasteiger partial charge in [-0.3, -0.25) is 14.4 Å². The molecule has 3 aromatic rings. The summed E-state index contributed by atoms with van der Waals surface area (Å²) >= 11 is 0. The highest BCUT2D eigenvalue weighted by molar-refractivity contribution is 7.92. The highest BCUT2D eigenvalue weighted by Crippen LogP contribution is 2.19. The van der Waals surface area contributed by atoms with Crippen LogP contribution in [0.1, 0.15) is 15.9 Å². The number of hydrogen-bond donors (Lipinski definition) is 2. The second-order valence-corrected chi connectivity index (χ2v) is 9.22. The van der Waals surface area contributed by atoms with Crippen molar-refractivity contribution in [3.8, 4) is 0 Å². The number of nitrogens with one attached hydrogen (secondary N) is 2. The zero-order chi connectivity index (χ0) is 22.4. The molecule has 7 nitrogen and oxygen atoms in total. The van der Waals surface area contributed by atoms with Crippen LogP contribution in [0, 0.1) is 0 Å². The fraction of sp³-hybridized carbons (Fsp3) is 0.208. The third kappa shape index (κ3) is 5.73. The molecule has 0 bridgehead atoms. The lowest BCUT2D eigenvalue weighted by atomic mass is 10.1. The van der Waals surface area contributed by atoms with Crippen molar-refractivity contribution in [2.75, 3.05) is 36.3 Å². The zero-order valence-corrected chi connectivity index (χ0v) is 18.3. The fourth-order valence-electron chi connectivity index (χ4n) is 3.47. The average molecular weight is 452 g/mol. The second-order valence-electron chi connectivity index (χ2n) is 7.54. The second kappa shape index (κ2) is 9.95. The van der Waals surface area contributed by atoms with Crippen molar-refractivity contribution in [2.45, 2.75) is 11.4 Å². The molecule has 1 saturated heterocycles. The van der Waals surface area contributed by atoms with Crippen LogP contribution in [0.15, 0.2) is 83.8 Å². The van der Waals surface area contributed by atoms with Crippen molar-refractivity contribution in [2.24, 2.45) is 0 Å². The Kier molecular flexibility index (Phi) is 6.84. The summed E-state index contributed by atoms with van der Waals surface area (Å²) in [6.07, 6.45) is 0. The highest BCUT2D eigenvalue weighted by Gasteiger charge is 2.15. The van der Waals surface area contributed by atoms with Gasteiger partial charge < -0.3 is 10.1 Å². The van der Waals surface area contributed by atoms with Crippen LogP contribution in [0.4, 0.5) is 11.4 Å². The van der Waals surface area contributed by atoms with Crippen molar-refractivity contribution in [1.29, 1.82) is 0 Å². The number of benzene rings is 3. The predicted molar refractivity (Wildman–Crippen MR) is 124 cm³/mol. The Morgan fingerprint density at radius 2 is 1.59 bits per heavy atom. The van der Waals surface area contributed by atoms with Crippen LogP contribution in [-0.4, -0.2) is 45.5 Å². The average Bonchev–Trinajstić information content (AvgIpc) is 2.81. The predicted octanol–water partition coefficient (Wildman–Crippen LogP) is 3.57. The monoisotopic (exact) mass is 451 g/mol. The fourth-order valence-corrected chi connectivity index (χ4v) is 4.53. The number of rotatable bonds is 7. The summed E-state index contributed by atoms with van der Waals surface area (Å²) in [6.45, 7) is 3.99. The number of nitrogens with zero attached hydrogens (tertiary/aromatic N) is 1. The molecule has 0 spiro atoms. The van der Waals surface area contributed by atoms with E-state index in [2.05, 4.69) is 14.9 Å². The minimum Gasteiger partial charge on any atom is -0.379 e. The van der Waals surface area contributed by atoms with Crippen LogP contribution >= 0.6 is 0 Å². The first-order chi connectivity index (χ1) is 15.5. The van der Waals surface area contributed by atoms with Crippen LogP contribution in [0.3, 0.4) is 0 Å². The first kappa shape index (κ1) is 22.0. The summed E-state index contributed by atoms with van der Waals surface area (Å²) in [6, 6.07) is 22.3. The van der Waals surface area contributed by atoms with Crippen molar-refractivity contribution in [3.63, 3.8) is 0 Å². The van der Waals surface area contributed by atoms with E-state index >= 15 is 0 Å². The SMILES string of the molecule is O=C(Nc1ccc(S(=O)(=O)Nc2ccccc2)cc1)c1cccc(CN2CCOCC2)c1. The topological polar surface area (TPSA) is 87.7 Å². The quantitative estimate of drug-likeness (QED) is 0.573. The Balaban J connectivity index is 1.40. The summed E-state index contributed by atoms with van der Waals surface area (Å²) in [7, 11) is -3.71. The van der Waals surface area contributed by atoms with E-state index in [9.17, 15) is 13.2 Å². The molecule has 8 heteroatoms. The molecule has 1 fully saturated rings. The van der Waals surface area contributed by atoms with Gasteiger partial charge in [-0.2, -0.15) is 0 Å². The lowest BCUT2D eigenvalue weighted by Gasteiger charge is -2.26. The van der Waals surface area contributed by atoms with Gasteiger partial charge in [0.1, 0.15) is 0 Å². The molecule has 3 aromatic carbocycles. The lowest BCUT2D eigenvalue weighted by Crippen LogP contribution is -2.35. The number of ether oxygens (including phenoxy) is 1. The molecule has 0 unspecified atom stereocenters. The minimum absolute atomic E-state index is 0.117. The molecule has 2 N–H and O–H groups in total. The first-order valence-corrected chi connectivity index (χ1v) is 11.9. The molecule has 0 saturated carbocycles. The number of sulfonamides is 1. The number of amides is 1. The van der Waals surface area contributed by atoms with Crippen LogP contribution < -0.4 is 10.0 Å². The third-order valence-electron chi connectivity index (χ3n) is 5.15. The molecule has 1 amide bonds. The van der Waals surface area contributed by atoms with Gasteiger partial charge in [0.05, 0.1) is 18.1 Å². The van der Waals surface area contributed by atoms with Gasteiger partial charge in [0.15, 0.2) is 0 Å². The van der Waals surface area contributed by atoms with Gasteiger partial charge in [-0.05, 0) is 54.1 Å². The molecule has 166 valence electrons. The molecule has 4 rings (SSSR count). The normalized spacial score (nSPS) is 14.6. The first-order valence-electron chi connectivity index (χ1n) is 10.4. The summed E-state index contributed by atoms with van der Waals surface area (Å²) in [5.41, 5.74) is 2.63. The smallest absolute Gasteiger partial charge is 0.261 e. The molecule has 1 aliphatic rings. The van der Waals surface area contributed by atoms with Gasteiger partial charge in [0, 0.05) is 36.6 Å². The van der Waals surface area contributed by atoms with E-state index in [1.165, 1.54) is 12.1 Å². The van der Waals surface area contributed by atoms with Gasteiger partial charge in [0.25, 0.3) is 15.9 Å². The van der Waals surface area contributed by atoms with Crippen molar-refractivity contribution in [1.82, 2.24) is 4.90 Å². The number of carbonyl (C=O) groups excluding carboxylic acids is 1. The van der Waals surface area contributed by atoms with Gasteiger partial charge >= 0.3 is 0 Å². The summed E-state index contributed by atoms with van der Waals surface area (Å²) < 4.78 is 33.0. The molecule has 32 heavy (non-hydrogen) atoms.